The molecule has 1 atom stereocenters. The lowest BCUT2D eigenvalue weighted by Crippen LogP contribution is -2.29. The van der Waals surface area contributed by atoms with Crippen molar-refractivity contribution >= 4 is 15.9 Å². The van der Waals surface area contributed by atoms with Gasteiger partial charge >= 0.3 is 0 Å². The zero-order valence-electron chi connectivity index (χ0n) is 9.20. The zero-order chi connectivity index (χ0) is 13.1. The summed E-state index contributed by atoms with van der Waals surface area (Å²) in [6, 6.07) is 5.34. The van der Waals surface area contributed by atoms with Gasteiger partial charge in [0.1, 0.15) is 11.6 Å². The fourth-order valence-corrected chi connectivity index (χ4v) is 2.19. The van der Waals surface area contributed by atoms with Crippen LogP contribution in [0.2, 0.25) is 0 Å². The lowest BCUT2D eigenvalue weighted by Gasteiger charge is -2.18. The van der Waals surface area contributed by atoms with Gasteiger partial charge in [0.15, 0.2) is 0 Å². The minimum Gasteiger partial charge on any atom is -0.271 e. The number of halogens is 3. The molecule has 0 amide bonds. The molecule has 0 radical (unpaired) electrons. The van der Waals surface area contributed by atoms with Gasteiger partial charge in [0.05, 0.1) is 16.7 Å². The van der Waals surface area contributed by atoms with Crippen molar-refractivity contribution in [3.05, 3.63) is 63.9 Å². The van der Waals surface area contributed by atoms with Gasteiger partial charge in [0.25, 0.3) is 0 Å². The lowest BCUT2D eigenvalue weighted by atomic mass is 10.0. The standard InChI is InChI=1S/C12H10BrF2N3/c13-11-9(2-1-3-10(11)15)12(18-16)7-4-8(14)6-17-5-7/h1-6,12,18H,16H2. The van der Waals surface area contributed by atoms with Crippen molar-refractivity contribution in [2.24, 2.45) is 5.84 Å². The van der Waals surface area contributed by atoms with Crippen LogP contribution in [0, 0.1) is 11.6 Å². The topological polar surface area (TPSA) is 50.9 Å². The summed E-state index contributed by atoms with van der Waals surface area (Å²) >= 11 is 3.15. The van der Waals surface area contributed by atoms with Crippen molar-refractivity contribution in [3.63, 3.8) is 0 Å². The molecule has 94 valence electrons. The Morgan fingerprint density at radius 2 is 2.06 bits per heavy atom. The molecule has 3 N–H and O–H groups in total. The molecule has 0 spiro atoms. The van der Waals surface area contributed by atoms with Crippen LogP contribution in [0.1, 0.15) is 17.2 Å². The van der Waals surface area contributed by atoms with Crippen LogP contribution in [0.25, 0.3) is 0 Å². The monoisotopic (exact) mass is 313 g/mol. The van der Waals surface area contributed by atoms with Gasteiger partial charge in [-0.1, -0.05) is 12.1 Å². The first-order chi connectivity index (χ1) is 8.63. The van der Waals surface area contributed by atoms with E-state index in [0.717, 1.165) is 6.20 Å². The maximum absolute atomic E-state index is 13.5. The smallest absolute Gasteiger partial charge is 0.141 e. The van der Waals surface area contributed by atoms with Crippen molar-refractivity contribution in [1.82, 2.24) is 10.4 Å². The molecule has 1 aromatic heterocycles. The Bertz CT molecular complexity index is 563. The van der Waals surface area contributed by atoms with E-state index in [0.29, 0.717) is 11.1 Å². The summed E-state index contributed by atoms with van der Waals surface area (Å²) in [4.78, 5) is 3.75. The van der Waals surface area contributed by atoms with Gasteiger partial charge in [0.2, 0.25) is 0 Å². The number of nitrogens with two attached hydrogens (primary N) is 1. The van der Waals surface area contributed by atoms with E-state index < -0.39 is 17.7 Å². The number of hydrogen-bond acceptors (Lipinski definition) is 3. The van der Waals surface area contributed by atoms with E-state index in [4.69, 9.17) is 5.84 Å². The van der Waals surface area contributed by atoms with Crippen LogP contribution < -0.4 is 11.3 Å². The summed E-state index contributed by atoms with van der Waals surface area (Å²) in [7, 11) is 0. The molecule has 1 heterocycles. The number of nitrogens with one attached hydrogen (secondary N) is 1. The quantitative estimate of drug-likeness (QED) is 0.676. The van der Waals surface area contributed by atoms with Gasteiger partial charge < -0.3 is 0 Å². The number of pyridine rings is 1. The number of nitrogens with zero attached hydrogens (tertiary/aromatic N) is 1. The van der Waals surface area contributed by atoms with Gasteiger partial charge in [0, 0.05) is 6.20 Å². The average Bonchev–Trinajstić information content (AvgIpc) is 2.35. The van der Waals surface area contributed by atoms with Crippen molar-refractivity contribution < 1.29 is 8.78 Å². The SMILES string of the molecule is NNC(c1cncc(F)c1)c1cccc(F)c1Br. The van der Waals surface area contributed by atoms with Crippen LogP contribution in [0.15, 0.2) is 41.1 Å². The molecule has 0 fully saturated rings. The molecule has 18 heavy (non-hydrogen) atoms. The van der Waals surface area contributed by atoms with E-state index in [1.54, 1.807) is 12.1 Å². The normalized spacial score (nSPS) is 12.4. The molecule has 0 aliphatic carbocycles. The average molecular weight is 314 g/mol. The van der Waals surface area contributed by atoms with Crippen molar-refractivity contribution in [2.45, 2.75) is 6.04 Å². The molecule has 1 aromatic carbocycles. The third-order valence-electron chi connectivity index (χ3n) is 2.52. The Kier molecular flexibility index (Phi) is 4.00. The minimum absolute atomic E-state index is 0.289. The molecule has 6 heteroatoms. The van der Waals surface area contributed by atoms with Gasteiger partial charge in [-0.3, -0.25) is 10.8 Å². The zero-order valence-corrected chi connectivity index (χ0v) is 10.8. The van der Waals surface area contributed by atoms with Crippen molar-refractivity contribution in [2.75, 3.05) is 0 Å². The molecule has 0 saturated heterocycles. The molecule has 0 aliphatic rings. The Labute approximate surface area is 111 Å². The largest absolute Gasteiger partial charge is 0.271 e. The Balaban J connectivity index is 2.49. The molecular weight excluding hydrogens is 304 g/mol. The Morgan fingerprint density at radius 1 is 1.28 bits per heavy atom. The molecule has 0 aliphatic heterocycles. The van der Waals surface area contributed by atoms with Gasteiger partial charge in [-0.25, -0.2) is 14.2 Å². The fourth-order valence-electron chi connectivity index (χ4n) is 1.70. The van der Waals surface area contributed by atoms with E-state index in [2.05, 4.69) is 26.3 Å². The minimum atomic E-state index is -0.543. The number of hydrogen-bond donors (Lipinski definition) is 2. The second-order valence-corrected chi connectivity index (χ2v) is 4.47. The van der Waals surface area contributed by atoms with Crippen LogP contribution in [0.3, 0.4) is 0 Å². The summed E-state index contributed by atoms with van der Waals surface area (Å²) in [6.07, 6.45) is 2.57. The first kappa shape index (κ1) is 13.1. The summed E-state index contributed by atoms with van der Waals surface area (Å²) in [5.74, 6) is 4.58. The van der Waals surface area contributed by atoms with Gasteiger partial charge in [-0.2, -0.15) is 0 Å². The van der Waals surface area contributed by atoms with Gasteiger partial charge in [-0.15, -0.1) is 0 Å². The number of aromatic nitrogens is 1. The molecule has 0 bridgehead atoms. The Morgan fingerprint density at radius 3 is 2.72 bits per heavy atom. The maximum Gasteiger partial charge on any atom is 0.141 e. The second kappa shape index (κ2) is 5.51. The van der Waals surface area contributed by atoms with E-state index in [-0.39, 0.29) is 4.47 Å². The van der Waals surface area contributed by atoms with E-state index in [1.165, 1.54) is 18.3 Å². The van der Waals surface area contributed by atoms with E-state index in [1.807, 2.05) is 0 Å². The molecule has 3 nitrogen and oxygen atoms in total. The number of benzene rings is 1. The highest BCUT2D eigenvalue weighted by Gasteiger charge is 2.18. The fraction of sp³-hybridized carbons (Fsp3) is 0.0833. The van der Waals surface area contributed by atoms with E-state index >= 15 is 0 Å². The summed E-state index contributed by atoms with van der Waals surface area (Å²) < 4.78 is 26.9. The van der Waals surface area contributed by atoms with Crippen LogP contribution in [0.4, 0.5) is 8.78 Å². The first-order valence-corrected chi connectivity index (χ1v) is 5.93. The van der Waals surface area contributed by atoms with Crippen LogP contribution in [-0.2, 0) is 0 Å². The second-order valence-electron chi connectivity index (χ2n) is 3.68. The van der Waals surface area contributed by atoms with Crippen LogP contribution >= 0.6 is 15.9 Å². The van der Waals surface area contributed by atoms with Crippen LogP contribution in [0.5, 0.6) is 0 Å². The third kappa shape index (κ3) is 2.55. The van der Waals surface area contributed by atoms with Crippen molar-refractivity contribution in [1.29, 1.82) is 0 Å². The molecule has 2 aromatic rings. The summed E-state index contributed by atoms with van der Waals surface area (Å²) in [5, 5.41) is 0. The third-order valence-corrected chi connectivity index (χ3v) is 3.36. The summed E-state index contributed by atoms with van der Waals surface area (Å²) in [5.41, 5.74) is 3.62. The maximum atomic E-state index is 13.5. The molecule has 1 unspecified atom stereocenters. The lowest BCUT2D eigenvalue weighted by molar-refractivity contribution is 0.585. The highest BCUT2D eigenvalue weighted by Crippen LogP contribution is 2.29. The molecule has 0 saturated carbocycles. The van der Waals surface area contributed by atoms with E-state index in [9.17, 15) is 8.78 Å². The first-order valence-electron chi connectivity index (χ1n) is 5.14. The van der Waals surface area contributed by atoms with Gasteiger partial charge in [-0.05, 0) is 39.2 Å². The summed E-state index contributed by atoms with van der Waals surface area (Å²) in [6.45, 7) is 0. The predicted octanol–water partition coefficient (Wildman–Crippen LogP) is 2.68. The number of rotatable bonds is 3. The highest BCUT2D eigenvalue weighted by atomic mass is 79.9. The predicted molar refractivity (Wildman–Crippen MR) is 67.5 cm³/mol. The Hall–Kier alpha value is -1.37. The van der Waals surface area contributed by atoms with Crippen LogP contribution in [-0.4, -0.2) is 4.98 Å². The molecular formula is C12H10BrF2N3. The molecule has 2 rings (SSSR count). The highest BCUT2D eigenvalue weighted by molar-refractivity contribution is 9.10. The van der Waals surface area contributed by atoms with Crippen molar-refractivity contribution in [3.8, 4) is 0 Å². The number of hydrazine groups is 1.